The van der Waals surface area contributed by atoms with Gasteiger partial charge in [0.15, 0.2) is 0 Å². The van der Waals surface area contributed by atoms with Gasteiger partial charge in [0, 0.05) is 0 Å². The first-order valence-electron chi connectivity index (χ1n) is 2.10. The molecule has 0 saturated heterocycles. The molecule has 0 fully saturated rings. The third-order valence-corrected chi connectivity index (χ3v) is 0.409. The van der Waals surface area contributed by atoms with E-state index >= 15 is 0 Å². The molecule has 0 spiro atoms. The SMILES string of the molecule is O[B]O.c1cnnnc1. The summed E-state index contributed by atoms with van der Waals surface area (Å²) in [5.41, 5.74) is 0. The van der Waals surface area contributed by atoms with Gasteiger partial charge < -0.3 is 10.0 Å². The minimum atomic E-state index is 0. The Bertz CT molecular complexity index is 99.9. The van der Waals surface area contributed by atoms with Crippen molar-refractivity contribution in [1.29, 1.82) is 0 Å². The van der Waals surface area contributed by atoms with Crippen LogP contribution in [0, 0.1) is 0 Å². The van der Waals surface area contributed by atoms with Gasteiger partial charge in [0.25, 0.3) is 0 Å². The summed E-state index contributed by atoms with van der Waals surface area (Å²) in [4.78, 5) is 0. The molecule has 0 aliphatic heterocycles. The fourth-order valence-corrected chi connectivity index (χ4v) is 0.205. The van der Waals surface area contributed by atoms with Crippen LogP contribution in [0.1, 0.15) is 0 Å². The van der Waals surface area contributed by atoms with Crippen molar-refractivity contribution >= 4 is 7.69 Å². The van der Waals surface area contributed by atoms with Gasteiger partial charge in [-0.2, -0.15) is 0 Å². The lowest BCUT2D eigenvalue weighted by molar-refractivity contribution is 0.448. The largest absolute Gasteiger partial charge is 0.482 e. The Morgan fingerprint density at radius 2 is 1.56 bits per heavy atom. The second kappa shape index (κ2) is 6.99. The molecule has 1 rings (SSSR count). The predicted molar refractivity (Wildman–Crippen MR) is 30.0 cm³/mol. The number of hydrogen-bond donors (Lipinski definition) is 2. The maximum absolute atomic E-state index is 7.00. The smallest absolute Gasteiger partial charge is 0.429 e. The molecule has 0 aliphatic carbocycles. The molecule has 1 aromatic heterocycles. The Kier molecular flexibility index (Phi) is 6.21. The van der Waals surface area contributed by atoms with Gasteiger partial charge in [-0.3, -0.25) is 0 Å². The van der Waals surface area contributed by atoms with Crippen molar-refractivity contribution < 1.29 is 10.0 Å². The van der Waals surface area contributed by atoms with Gasteiger partial charge in [-0.25, -0.2) is 0 Å². The van der Waals surface area contributed by atoms with E-state index in [1.165, 1.54) is 0 Å². The first-order chi connectivity index (χ1) is 4.41. The molecule has 0 atom stereocenters. The molecular formula is C3H5BN3O2. The van der Waals surface area contributed by atoms with Crippen LogP contribution in [0.3, 0.4) is 0 Å². The van der Waals surface area contributed by atoms with Crippen molar-refractivity contribution in [3.8, 4) is 0 Å². The third kappa shape index (κ3) is 6.99. The fraction of sp³-hybridized carbons (Fsp3) is 0. The molecule has 5 nitrogen and oxygen atoms in total. The molecule has 0 saturated carbocycles. The van der Waals surface area contributed by atoms with Gasteiger partial charge in [0.1, 0.15) is 0 Å². The highest BCUT2D eigenvalue weighted by Crippen LogP contribution is 1.61. The van der Waals surface area contributed by atoms with E-state index in [4.69, 9.17) is 10.0 Å². The Balaban J connectivity index is 0.000000187. The van der Waals surface area contributed by atoms with Crippen molar-refractivity contribution in [3.63, 3.8) is 0 Å². The van der Waals surface area contributed by atoms with Crippen LogP contribution in [0.25, 0.3) is 0 Å². The summed E-state index contributed by atoms with van der Waals surface area (Å²) in [6.07, 6.45) is 3.15. The maximum atomic E-state index is 7.00. The van der Waals surface area contributed by atoms with Gasteiger partial charge >= 0.3 is 7.69 Å². The van der Waals surface area contributed by atoms with Crippen LogP contribution in [0.15, 0.2) is 18.5 Å². The van der Waals surface area contributed by atoms with Crippen molar-refractivity contribution in [2.45, 2.75) is 0 Å². The highest BCUT2D eigenvalue weighted by molar-refractivity contribution is 6.13. The molecular weight excluding hydrogens is 121 g/mol. The fourth-order valence-electron chi connectivity index (χ4n) is 0.205. The molecule has 1 heterocycles. The second-order valence-electron chi connectivity index (χ2n) is 0.926. The van der Waals surface area contributed by atoms with E-state index in [1.54, 1.807) is 18.5 Å². The van der Waals surface area contributed by atoms with Crippen LogP contribution < -0.4 is 0 Å². The average molecular weight is 126 g/mol. The molecule has 1 aromatic rings. The first kappa shape index (κ1) is 7.99. The van der Waals surface area contributed by atoms with Crippen molar-refractivity contribution in [3.05, 3.63) is 18.5 Å². The van der Waals surface area contributed by atoms with E-state index in [1.807, 2.05) is 0 Å². The Hall–Kier alpha value is -1.01. The first-order valence-corrected chi connectivity index (χ1v) is 2.10. The lowest BCUT2D eigenvalue weighted by Gasteiger charge is -1.68. The van der Waals surface area contributed by atoms with Crippen LogP contribution in [0.2, 0.25) is 0 Å². The summed E-state index contributed by atoms with van der Waals surface area (Å²) in [6.45, 7) is 0. The molecule has 0 aromatic carbocycles. The molecule has 6 heteroatoms. The van der Waals surface area contributed by atoms with Crippen LogP contribution in [-0.4, -0.2) is 33.1 Å². The Morgan fingerprint density at radius 3 is 1.67 bits per heavy atom. The Morgan fingerprint density at radius 1 is 1.11 bits per heavy atom. The van der Waals surface area contributed by atoms with Gasteiger partial charge in [-0.1, -0.05) is 0 Å². The summed E-state index contributed by atoms with van der Waals surface area (Å²) < 4.78 is 0. The molecule has 1 radical (unpaired) electrons. The monoisotopic (exact) mass is 126 g/mol. The van der Waals surface area contributed by atoms with Gasteiger partial charge in [0.2, 0.25) is 0 Å². The maximum Gasteiger partial charge on any atom is 0.482 e. The molecule has 0 bridgehead atoms. The van der Waals surface area contributed by atoms with E-state index in [9.17, 15) is 0 Å². The average Bonchev–Trinajstić information content (AvgIpc) is 1.93. The normalized spacial score (nSPS) is 6.89. The lowest BCUT2D eigenvalue weighted by Crippen LogP contribution is -1.78. The molecule has 0 amide bonds. The Labute approximate surface area is 52.7 Å². The van der Waals surface area contributed by atoms with Crippen molar-refractivity contribution in [2.24, 2.45) is 0 Å². The van der Waals surface area contributed by atoms with Crippen LogP contribution in [0.4, 0.5) is 0 Å². The van der Waals surface area contributed by atoms with E-state index in [0.717, 1.165) is 0 Å². The third-order valence-electron chi connectivity index (χ3n) is 0.409. The highest BCUT2D eigenvalue weighted by atomic mass is 16.4. The molecule has 47 valence electrons. The summed E-state index contributed by atoms with van der Waals surface area (Å²) in [5.74, 6) is 0. The van der Waals surface area contributed by atoms with Crippen LogP contribution in [0.5, 0.6) is 0 Å². The summed E-state index contributed by atoms with van der Waals surface area (Å²) >= 11 is 0. The van der Waals surface area contributed by atoms with E-state index in [2.05, 4.69) is 15.4 Å². The minimum Gasteiger partial charge on any atom is -0.429 e. The topological polar surface area (TPSA) is 79.1 Å². The zero-order chi connectivity index (χ0) is 6.95. The molecule has 0 aliphatic rings. The standard InChI is InChI=1S/C3H3N3.BH2O2/c1-2-4-6-5-3-1;2-1-3/h1-3H;2-3H. The van der Waals surface area contributed by atoms with Gasteiger partial charge in [-0.05, 0) is 11.3 Å². The lowest BCUT2D eigenvalue weighted by atomic mass is 10.5. The van der Waals surface area contributed by atoms with Gasteiger partial charge in [-0.15, -0.1) is 10.2 Å². The van der Waals surface area contributed by atoms with Crippen LogP contribution >= 0.6 is 0 Å². The predicted octanol–water partition coefficient (Wildman–Crippen LogP) is -1.62. The molecule has 2 N–H and O–H groups in total. The zero-order valence-corrected chi connectivity index (χ0v) is 4.55. The van der Waals surface area contributed by atoms with E-state index in [0.29, 0.717) is 0 Å². The van der Waals surface area contributed by atoms with E-state index in [-0.39, 0.29) is 7.69 Å². The zero-order valence-electron chi connectivity index (χ0n) is 4.55. The minimum absolute atomic E-state index is 0. The molecule has 0 unspecified atom stereocenters. The number of rotatable bonds is 0. The summed E-state index contributed by atoms with van der Waals surface area (Å²) in [6, 6.07) is 1.72. The number of aromatic nitrogens is 3. The summed E-state index contributed by atoms with van der Waals surface area (Å²) in [5, 5.41) is 24.1. The number of hydrogen-bond acceptors (Lipinski definition) is 5. The van der Waals surface area contributed by atoms with Crippen LogP contribution in [-0.2, 0) is 0 Å². The van der Waals surface area contributed by atoms with Crippen molar-refractivity contribution in [2.75, 3.05) is 0 Å². The quantitative estimate of drug-likeness (QED) is 0.408. The highest BCUT2D eigenvalue weighted by Gasteiger charge is 1.60. The van der Waals surface area contributed by atoms with Gasteiger partial charge in [0.05, 0.1) is 12.4 Å². The number of nitrogens with zero attached hydrogens (tertiary/aromatic N) is 3. The van der Waals surface area contributed by atoms with Crippen molar-refractivity contribution in [1.82, 2.24) is 15.4 Å². The summed E-state index contributed by atoms with van der Waals surface area (Å²) in [7, 11) is 0. The second-order valence-corrected chi connectivity index (χ2v) is 0.926. The molecule has 9 heavy (non-hydrogen) atoms. The van der Waals surface area contributed by atoms with E-state index < -0.39 is 0 Å².